The molecule has 0 aliphatic rings. The van der Waals surface area contributed by atoms with Crippen molar-refractivity contribution in [3.8, 4) is 11.5 Å². The van der Waals surface area contributed by atoms with Crippen LogP contribution < -0.4 is 10.1 Å². The molecule has 0 radical (unpaired) electrons. The summed E-state index contributed by atoms with van der Waals surface area (Å²) in [5, 5.41) is 41.0. The predicted octanol–water partition coefficient (Wildman–Crippen LogP) is 10.7. The number of hydrogen-bond acceptors (Lipinski definition) is 14. The summed E-state index contributed by atoms with van der Waals surface area (Å²) >= 11 is 0. The zero-order chi connectivity index (χ0) is 39.7. The van der Waals surface area contributed by atoms with E-state index in [1.807, 2.05) is 86.6 Å². The number of nitrogens with one attached hydrogen (secondary N) is 1. The molecule has 55 heavy (non-hydrogen) atoms. The maximum atomic E-state index is 12.5. The number of phenolic OH excluding ortho intramolecular Hbond substituents is 1. The minimum atomic E-state index is -4.82. The minimum Gasteiger partial charge on any atom is -0.505 e. The fraction of sp³-hybridized carbons (Fsp3) is 0.105. The number of methoxy groups -OCH3 is 1. The molecule has 17 heteroatoms. The molecule has 6 rings (SSSR count). The van der Waals surface area contributed by atoms with Gasteiger partial charge in [0.1, 0.15) is 22.0 Å². The average molecular weight is 780 g/mol. The zero-order valence-electron chi connectivity index (χ0n) is 29.7. The number of fused-ring (bicyclic) bond motifs is 1. The van der Waals surface area contributed by atoms with Crippen LogP contribution >= 0.6 is 0 Å². The lowest BCUT2D eigenvalue weighted by atomic mass is 10.1. The molecule has 0 unspecified atom stereocenters. The Morgan fingerprint density at radius 3 is 1.69 bits per heavy atom. The Morgan fingerprint density at radius 2 is 1.13 bits per heavy atom. The average Bonchev–Trinajstić information content (AvgIpc) is 3.14. The third-order valence-electron chi connectivity index (χ3n) is 7.96. The van der Waals surface area contributed by atoms with Crippen molar-refractivity contribution in [1.29, 1.82) is 0 Å². The summed E-state index contributed by atoms with van der Waals surface area (Å²) in [6, 6.07) is 32.2. The van der Waals surface area contributed by atoms with Crippen LogP contribution in [0.1, 0.15) is 16.7 Å². The highest BCUT2D eigenvalue weighted by molar-refractivity contribution is 7.86. The maximum Gasteiger partial charge on any atom is 0.425 e. The van der Waals surface area contributed by atoms with Gasteiger partial charge in [0, 0.05) is 22.8 Å². The van der Waals surface area contributed by atoms with Gasteiger partial charge in [-0.25, -0.2) is 0 Å². The fourth-order valence-electron chi connectivity index (χ4n) is 5.24. The molecular weight excluding hydrogens is 747 g/mol. The first-order valence-corrected chi connectivity index (χ1v) is 18.6. The van der Waals surface area contributed by atoms with Gasteiger partial charge in [0.05, 0.1) is 29.9 Å². The van der Waals surface area contributed by atoms with Crippen LogP contribution in [0.25, 0.3) is 10.8 Å². The SMILES string of the molecule is COc1cc(N=Nc2cc(C)c(N=Nc3ccccc3)cc2C)c(C)cc1N=Nc1c(S(=O)(=O)O)cc2cc(Nc3ccccc3)ccc2c1O.O=S(=O)=O. The number of benzene rings is 6. The molecule has 0 saturated carbocycles. The lowest BCUT2D eigenvalue weighted by molar-refractivity contribution is 0.416. The van der Waals surface area contributed by atoms with Crippen molar-refractivity contribution in [2.75, 3.05) is 12.4 Å². The number of phenols is 1. The van der Waals surface area contributed by atoms with Crippen LogP contribution in [-0.4, -0.2) is 37.8 Å². The highest BCUT2D eigenvalue weighted by atomic mass is 32.2. The first-order valence-electron chi connectivity index (χ1n) is 16.2. The molecule has 6 aromatic carbocycles. The Labute approximate surface area is 317 Å². The molecule has 0 aliphatic carbocycles. The van der Waals surface area contributed by atoms with Gasteiger partial charge >= 0.3 is 10.6 Å². The molecule has 6 aromatic rings. The summed E-state index contributed by atoms with van der Waals surface area (Å²) in [5.74, 6) is -0.192. The molecule has 0 aromatic heterocycles. The Kier molecular flexibility index (Phi) is 12.5. The van der Waals surface area contributed by atoms with Crippen molar-refractivity contribution in [2.45, 2.75) is 25.7 Å². The van der Waals surface area contributed by atoms with Crippen molar-refractivity contribution in [2.24, 2.45) is 30.7 Å². The third kappa shape index (κ3) is 10.3. The second-order valence-electron chi connectivity index (χ2n) is 11.8. The first-order chi connectivity index (χ1) is 26.2. The van der Waals surface area contributed by atoms with Crippen molar-refractivity contribution < 1.29 is 35.4 Å². The number of rotatable bonds is 10. The van der Waals surface area contributed by atoms with E-state index in [2.05, 4.69) is 36.0 Å². The summed E-state index contributed by atoms with van der Waals surface area (Å²) < 4.78 is 65.9. The molecule has 0 bridgehead atoms. The van der Waals surface area contributed by atoms with Crippen LogP contribution in [0.3, 0.4) is 0 Å². The van der Waals surface area contributed by atoms with Crippen LogP contribution in [0.15, 0.2) is 145 Å². The number of aromatic hydroxyl groups is 1. The van der Waals surface area contributed by atoms with Crippen molar-refractivity contribution >= 4 is 77.0 Å². The van der Waals surface area contributed by atoms with E-state index in [-0.39, 0.29) is 11.4 Å². The number of ether oxygens (including phenoxy) is 1. The monoisotopic (exact) mass is 779 g/mol. The molecule has 0 aliphatic heterocycles. The van der Waals surface area contributed by atoms with Crippen LogP contribution in [0.4, 0.5) is 45.5 Å². The number of para-hydroxylation sites is 1. The number of aryl methyl sites for hydroxylation is 3. The smallest absolute Gasteiger partial charge is 0.425 e. The zero-order valence-corrected chi connectivity index (χ0v) is 31.4. The van der Waals surface area contributed by atoms with E-state index in [0.29, 0.717) is 33.4 Å². The molecule has 0 atom stereocenters. The van der Waals surface area contributed by atoms with Gasteiger partial charge in [-0.3, -0.25) is 4.55 Å². The lowest BCUT2D eigenvalue weighted by Crippen LogP contribution is -1.99. The molecule has 0 spiro atoms. The van der Waals surface area contributed by atoms with Gasteiger partial charge < -0.3 is 15.2 Å². The maximum absolute atomic E-state index is 12.5. The van der Waals surface area contributed by atoms with Gasteiger partial charge in [-0.2, -0.15) is 28.9 Å². The first kappa shape index (κ1) is 39.5. The van der Waals surface area contributed by atoms with Gasteiger partial charge in [0.2, 0.25) is 0 Å². The van der Waals surface area contributed by atoms with Gasteiger partial charge in [0.15, 0.2) is 5.75 Å². The molecule has 15 nitrogen and oxygen atoms in total. The number of nitrogens with zero attached hydrogens (tertiary/aromatic N) is 6. The van der Waals surface area contributed by atoms with Gasteiger partial charge in [-0.1, -0.05) is 36.4 Å². The van der Waals surface area contributed by atoms with E-state index in [1.165, 1.54) is 13.2 Å². The quantitative estimate of drug-likeness (QED) is 0.0887. The van der Waals surface area contributed by atoms with E-state index in [1.54, 1.807) is 37.3 Å². The third-order valence-corrected chi connectivity index (χ3v) is 8.82. The van der Waals surface area contributed by atoms with Crippen LogP contribution in [0.5, 0.6) is 11.5 Å². The van der Waals surface area contributed by atoms with E-state index in [0.717, 1.165) is 28.2 Å². The van der Waals surface area contributed by atoms with Crippen molar-refractivity contribution in [3.63, 3.8) is 0 Å². The molecule has 3 N–H and O–H groups in total. The Balaban J connectivity index is 0.00000138. The minimum absolute atomic E-state index is 0.234. The van der Waals surface area contributed by atoms with E-state index in [4.69, 9.17) is 17.4 Å². The summed E-state index contributed by atoms with van der Waals surface area (Å²) in [6.45, 7) is 5.64. The number of azo groups is 3. The standard InChI is InChI=1S/C38H33N7O5S.O3S/c1-23-18-32(24(2)17-31(23)41-40-28-13-9-6-10-14-28)42-43-33-22-35(50-4)34(19-25(33)3)44-45-37-36(51(47,48)49)21-26-20-29(15-16-30(26)38(37)46)39-27-11-7-5-8-12-27;1-4(2)3/h5-22,39,46H,1-4H3,(H,47,48,49);. The van der Waals surface area contributed by atoms with Crippen LogP contribution in [0.2, 0.25) is 0 Å². The van der Waals surface area contributed by atoms with Crippen molar-refractivity contribution in [1.82, 2.24) is 0 Å². The van der Waals surface area contributed by atoms with Gasteiger partial charge in [-0.15, -0.1) is 22.9 Å². The summed E-state index contributed by atoms with van der Waals surface area (Å²) in [6.07, 6.45) is 0. The Morgan fingerprint density at radius 1 is 0.618 bits per heavy atom. The van der Waals surface area contributed by atoms with Crippen LogP contribution in [-0.2, 0) is 20.7 Å². The van der Waals surface area contributed by atoms with Crippen molar-refractivity contribution in [3.05, 3.63) is 126 Å². The normalized spacial score (nSPS) is 11.6. The van der Waals surface area contributed by atoms with Crippen LogP contribution in [0, 0.1) is 20.8 Å². The molecule has 0 amide bonds. The highest BCUT2D eigenvalue weighted by Gasteiger charge is 2.22. The van der Waals surface area contributed by atoms with E-state index >= 15 is 0 Å². The second-order valence-corrected chi connectivity index (χ2v) is 13.6. The molecular formula is C38H33N7O8S2. The highest BCUT2D eigenvalue weighted by Crippen LogP contribution is 2.44. The lowest BCUT2D eigenvalue weighted by Gasteiger charge is -2.12. The Hall–Kier alpha value is -6.69. The molecule has 0 fully saturated rings. The molecule has 280 valence electrons. The van der Waals surface area contributed by atoms with E-state index < -0.39 is 37.1 Å². The summed E-state index contributed by atoms with van der Waals surface area (Å²) in [4.78, 5) is -0.604. The molecule has 0 heterocycles. The molecule has 0 saturated heterocycles. The number of anilines is 2. The second kappa shape index (κ2) is 17.4. The predicted molar refractivity (Wildman–Crippen MR) is 207 cm³/mol. The Bertz CT molecular complexity index is 2690. The summed E-state index contributed by atoms with van der Waals surface area (Å²) in [5.41, 5.74) is 6.32. The number of hydrogen-bond donors (Lipinski definition) is 3. The summed E-state index contributed by atoms with van der Waals surface area (Å²) in [7, 11) is -6.49. The van der Waals surface area contributed by atoms with E-state index in [9.17, 15) is 18.1 Å². The fourth-order valence-corrected chi connectivity index (χ4v) is 5.90. The van der Waals surface area contributed by atoms with Gasteiger partial charge in [0.25, 0.3) is 10.1 Å². The largest absolute Gasteiger partial charge is 0.505 e. The topological polar surface area (TPSA) is 221 Å². The van der Waals surface area contributed by atoms with Gasteiger partial charge in [-0.05, 0) is 110 Å².